The summed E-state index contributed by atoms with van der Waals surface area (Å²) in [5.41, 5.74) is 8.80. The Labute approximate surface area is 139 Å². The number of rotatable bonds is 3. The second kappa shape index (κ2) is 6.72. The lowest BCUT2D eigenvalue weighted by atomic mass is 10.0. The second-order valence-electron chi connectivity index (χ2n) is 5.74. The van der Waals surface area contributed by atoms with Gasteiger partial charge in [0, 0.05) is 10.6 Å². The summed E-state index contributed by atoms with van der Waals surface area (Å²) < 4.78 is 13.9. The molecule has 2 aromatic rings. The second-order valence-corrected chi connectivity index (χ2v) is 6.85. The molecule has 0 bridgehead atoms. The number of carbonyl (C=O) groups is 1. The molecule has 2 unspecified atom stereocenters. The van der Waals surface area contributed by atoms with Gasteiger partial charge in [-0.15, -0.1) is 11.8 Å². The summed E-state index contributed by atoms with van der Waals surface area (Å²) in [5.74, 6) is 0.314. The van der Waals surface area contributed by atoms with Crippen LogP contribution in [0.4, 0.5) is 4.39 Å². The lowest BCUT2D eigenvalue weighted by molar-refractivity contribution is -0.123. The summed E-state index contributed by atoms with van der Waals surface area (Å²) in [6, 6.07) is 11.7. The first-order chi connectivity index (χ1) is 11.1. The Hall–Kier alpha value is -1.85. The molecule has 0 aromatic heterocycles. The number of nitrogens with one attached hydrogen (secondary N) is 1. The van der Waals surface area contributed by atoms with E-state index in [4.69, 9.17) is 5.73 Å². The Morgan fingerprint density at radius 1 is 1.30 bits per heavy atom. The van der Waals surface area contributed by atoms with Crippen molar-refractivity contribution in [2.24, 2.45) is 5.73 Å². The van der Waals surface area contributed by atoms with Crippen molar-refractivity contribution >= 4 is 17.7 Å². The first kappa shape index (κ1) is 16.0. The Morgan fingerprint density at radius 3 is 2.78 bits per heavy atom. The molecule has 3 nitrogen and oxygen atoms in total. The molecule has 2 aromatic carbocycles. The van der Waals surface area contributed by atoms with Crippen molar-refractivity contribution in [2.75, 3.05) is 5.75 Å². The SMILES string of the molecule is Cc1ccc(C(N)C(=O)NC2CCSc3c(F)cccc32)cc1. The lowest BCUT2D eigenvalue weighted by Gasteiger charge is -2.27. The van der Waals surface area contributed by atoms with Crippen LogP contribution >= 0.6 is 11.8 Å². The van der Waals surface area contributed by atoms with Crippen LogP contribution in [0.1, 0.15) is 35.2 Å². The van der Waals surface area contributed by atoms with Gasteiger partial charge in [-0.2, -0.15) is 0 Å². The first-order valence-electron chi connectivity index (χ1n) is 7.60. The van der Waals surface area contributed by atoms with Gasteiger partial charge in [-0.25, -0.2) is 4.39 Å². The number of fused-ring (bicyclic) bond motifs is 1. The van der Waals surface area contributed by atoms with Crippen molar-refractivity contribution in [1.29, 1.82) is 0 Å². The maximum atomic E-state index is 13.9. The Kier molecular flexibility index (Phi) is 4.68. The van der Waals surface area contributed by atoms with Crippen LogP contribution in [-0.4, -0.2) is 11.7 Å². The van der Waals surface area contributed by atoms with Crippen molar-refractivity contribution in [2.45, 2.75) is 30.3 Å². The lowest BCUT2D eigenvalue weighted by Crippen LogP contribution is -2.37. The minimum absolute atomic E-state index is 0.189. The third-order valence-corrected chi connectivity index (χ3v) is 5.22. The molecular formula is C18H19FN2OS. The van der Waals surface area contributed by atoms with Crippen LogP contribution in [0, 0.1) is 12.7 Å². The van der Waals surface area contributed by atoms with Gasteiger partial charge >= 0.3 is 0 Å². The highest BCUT2D eigenvalue weighted by Gasteiger charge is 2.26. The predicted molar refractivity (Wildman–Crippen MR) is 90.7 cm³/mol. The van der Waals surface area contributed by atoms with Crippen LogP contribution in [0.3, 0.4) is 0 Å². The van der Waals surface area contributed by atoms with Crippen molar-refractivity contribution in [3.05, 3.63) is 65.0 Å². The van der Waals surface area contributed by atoms with Gasteiger partial charge < -0.3 is 11.1 Å². The highest BCUT2D eigenvalue weighted by Crippen LogP contribution is 2.37. The van der Waals surface area contributed by atoms with Crippen LogP contribution in [0.15, 0.2) is 47.4 Å². The molecule has 0 saturated heterocycles. The Bertz CT molecular complexity index is 717. The monoisotopic (exact) mass is 330 g/mol. The highest BCUT2D eigenvalue weighted by atomic mass is 32.2. The Balaban J connectivity index is 1.76. The van der Waals surface area contributed by atoms with E-state index in [0.29, 0.717) is 4.90 Å². The van der Waals surface area contributed by atoms with Gasteiger partial charge in [0.05, 0.1) is 6.04 Å². The summed E-state index contributed by atoms with van der Waals surface area (Å²) in [4.78, 5) is 13.1. The summed E-state index contributed by atoms with van der Waals surface area (Å²) >= 11 is 1.49. The zero-order chi connectivity index (χ0) is 16.4. The van der Waals surface area contributed by atoms with E-state index in [1.807, 2.05) is 37.3 Å². The molecule has 2 atom stereocenters. The molecular weight excluding hydrogens is 311 g/mol. The number of benzene rings is 2. The molecule has 1 heterocycles. The molecule has 0 spiro atoms. The Morgan fingerprint density at radius 2 is 2.04 bits per heavy atom. The minimum Gasteiger partial charge on any atom is -0.348 e. The maximum Gasteiger partial charge on any atom is 0.241 e. The maximum absolute atomic E-state index is 13.9. The summed E-state index contributed by atoms with van der Waals surface area (Å²) in [7, 11) is 0. The summed E-state index contributed by atoms with van der Waals surface area (Å²) in [6.45, 7) is 1.99. The smallest absolute Gasteiger partial charge is 0.241 e. The number of carbonyl (C=O) groups excluding carboxylic acids is 1. The van der Waals surface area contributed by atoms with E-state index in [-0.39, 0.29) is 17.8 Å². The molecule has 3 N–H and O–H groups in total. The van der Waals surface area contributed by atoms with E-state index in [9.17, 15) is 9.18 Å². The number of aryl methyl sites for hydroxylation is 1. The fraction of sp³-hybridized carbons (Fsp3) is 0.278. The molecule has 1 aliphatic rings. The molecule has 5 heteroatoms. The third kappa shape index (κ3) is 3.41. The molecule has 3 rings (SSSR count). The highest BCUT2D eigenvalue weighted by molar-refractivity contribution is 7.99. The molecule has 0 fully saturated rings. The zero-order valence-electron chi connectivity index (χ0n) is 12.9. The quantitative estimate of drug-likeness (QED) is 0.906. The number of halogens is 1. The molecule has 1 aliphatic heterocycles. The van der Waals surface area contributed by atoms with Crippen molar-refractivity contribution < 1.29 is 9.18 Å². The van der Waals surface area contributed by atoms with Gasteiger partial charge in [0.2, 0.25) is 5.91 Å². The third-order valence-electron chi connectivity index (χ3n) is 4.06. The average molecular weight is 330 g/mol. The number of hydrogen-bond donors (Lipinski definition) is 2. The zero-order valence-corrected chi connectivity index (χ0v) is 13.7. The van der Waals surface area contributed by atoms with Gasteiger partial charge in [0.15, 0.2) is 0 Å². The standard InChI is InChI=1S/C18H19FN2OS/c1-11-5-7-12(8-6-11)16(20)18(22)21-15-9-10-23-17-13(15)3-2-4-14(17)19/h2-8,15-16H,9-10,20H2,1H3,(H,21,22). The largest absolute Gasteiger partial charge is 0.348 e. The van der Waals surface area contributed by atoms with Gasteiger partial charge in [-0.1, -0.05) is 42.0 Å². The van der Waals surface area contributed by atoms with Crippen LogP contribution in [0.2, 0.25) is 0 Å². The van der Waals surface area contributed by atoms with E-state index in [0.717, 1.165) is 28.9 Å². The number of hydrogen-bond acceptors (Lipinski definition) is 3. The van der Waals surface area contributed by atoms with Gasteiger partial charge in [-0.3, -0.25) is 4.79 Å². The molecule has 120 valence electrons. The van der Waals surface area contributed by atoms with Crippen molar-refractivity contribution in [3.8, 4) is 0 Å². The molecule has 1 amide bonds. The predicted octanol–water partition coefficient (Wildman–Crippen LogP) is 3.49. The number of amides is 1. The van der Waals surface area contributed by atoms with Gasteiger partial charge in [0.1, 0.15) is 11.9 Å². The van der Waals surface area contributed by atoms with Gasteiger partial charge in [0.25, 0.3) is 0 Å². The minimum atomic E-state index is -0.720. The fourth-order valence-electron chi connectivity index (χ4n) is 2.72. The fourth-order valence-corrected chi connectivity index (χ4v) is 3.86. The number of nitrogens with two attached hydrogens (primary N) is 1. The van der Waals surface area contributed by atoms with Crippen LogP contribution in [-0.2, 0) is 4.79 Å². The first-order valence-corrected chi connectivity index (χ1v) is 8.58. The van der Waals surface area contributed by atoms with E-state index in [2.05, 4.69) is 5.32 Å². The normalized spacial score (nSPS) is 18.1. The molecule has 0 radical (unpaired) electrons. The molecule has 23 heavy (non-hydrogen) atoms. The van der Waals surface area contributed by atoms with Crippen LogP contribution in [0.25, 0.3) is 0 Å². The summed E-state index contributed by atoms with van der Waals surface area (Å²) in [5, 5.41) is 2.97. The van der Waals surface area contributed by atoms with E-state index < -0.39 is 6.04 Å². The van der Waals surface area contributed by atoms with E-state index in [1.165, 1.54) is 17.8 Å². The molecule has 0 saturated carbocycles. The van der Waals surface area contributed by atoms with E-state index >= 15 is 0 Å². The topological polar surface area (TPSA) is 55.1 Å². The average Bonchev–Trinajstić information content (AvgIpc) is 2.56. The van der Waals surface area contributed by atoms with Crippen molar-refractivity contribution in [3.63, 3.8) is 0 Å². The van der Waals surface area contributed by atoms with E-state index in [1.54, 1.807) is 6.07 Å². The van der Waals surface area contributed by atoms with Crippen LogP contribution in [0.5, 0.6) is 0 Å². The summed E-state index contributed by atoms with van der Waals surface area (Å²) in [6.07, 6.45) is 0.771. The van der Waals surface area contributed by atoms with Crippen molar-refractivity contribution in [1.82, 2.24) is 5.32 Å². The number of thioether (sulfide) groups is 1. The van der Waals surface area contributed by atoms with Crippen LogP contribution < -0.4 is 11.1 Å². The molecule has 0 aliphatic carbocycles. The van der Waals surface area contributed by atoms with Gasteiger partial charge in [-0.05, 0) is 30.5 Å².